The molecule has 1 rings (SSSR count). The van der Waals surface area contributed by atoms with Gasteiger partial charge >= 0.3 is 5.97 Å². The summed E-state index contributed by atoms with van der Waals surface area (Å²) in [5.74, 6) is 0.488. The monoisotopic (exact) mass is 400 g/mol. The molecular weight excluding hydrogens is 360 g/mol. The van der Waals surface area contributed by atoms with Gasteiger partial charge in [-0.2, -0.15) is 0 Å². The minimum absolute atomic E-state index is 0.318. The molecule has 0 aromatic heterocycles. The van der Waals surface area contributed by atoms with E-state index >= 15 is 0 Å². The number of esters is 1. The molecule has 0 bridgehead atoms. The Morgan fingerprint density at radius 3 is 2.00 bits per heavy atom. The summed E-state index contributed by atoms with van der Waals surface area (Å²) in [5, 5.41) is 0. The van der Waals surface area contributed by atoms with Gasteiger partial charge in [0.15, 0.2) is 0 Å². The van der Waals surface area contributed by atoms with Crippen molar-refractivity contribution in [1.29, 1.82) is 0 Å². The van der Waals surface area contributed by atoms with Crippen molar-refractivity contribution in [3.8, 4) is 5.75 Å². The van der Waals surface area contributed by atoms with E-state index in [-0.39, 0.29) is 5.97 Å². The summed E-state index contributed by atoms with van der Waals surface area (Å²) >= 11 is 0. The van der Waals surface area contributed by atoms with Crippen LogP contribution in [-0.4, -0.2) is 19.7 Å². The summed E-state index contributed by atoms with van der Waals surface area (Å²) in [4.78, 5) is 11.4. The second kappa shape index (κ2) is 18.0. The predicted molar refractivity (Wildman–Crippen MR) is 123 cm³/mol. The smallest absolute Gasteiger partial charge is 0.337 e. The second-order valence-electron chi connectivity index (χ2n) is 7.45. The molecule has 0 heterocycles. The third kappa shape index (κ3) is 13.7. The average molecular weight is 401 g/mol. The molecule has 162 valence electrons. The maximum Gasteiger partial charge on any atom is 0.337 e. The highest BCUT2D eigenvalue weighted by Gasteiger charge is 2.04. The van der Waals surface area contributed by atoms with E-state index in [1.54, 1.807) is 12.1 Å². The van der Waals surface area contributed by atoms with Crippen LogP contribution in [0.15, 0.2) is 48.6 Å². The van der Waals surface area contributed by atoms with Crippen LogP contribution in [0.25, 0.3) is 0 Å². The lowest BCUT2D eigenvalue weighted by molar-refractivity contribution is 0.0600. The Hall–Kier alpha value is -2.03. The van der Waals surface area contributed by atoms with Crippen LogP contribution in [0, 0.1) is 0 Å². The Morgan fingerprint density at radius 2 is 1.38 bits per heavy atom. The molecule has 1 aromatic rings. The highest BCUT2D eigenvalue weighted by molar-refractivity contribution is 5.89. The molecule has 0 fully saturated rings. The number of rotatable bonds is 17. The summed E-state index contributed by atoms with van der Waals surface area (Å²) in [6.45, 7) is 2.98. The normalized spacial score (nSPS) is 11.4. The van der Waals surface area contributed by atoms with Crippen molar-refractivity contribution in [2.75, 3.05) is 13.7 Å². The van der Waals surface area contributed by atoms with E-state index < -0.39 is 0 Å². The molecule has 3 heteroatoms. The number of hydrogen-bond donors (Lipinski definition) is 0. The van der Waals surface area contributed by atoms with Gasteiger partial charge in [-0.05, 0) is 62.8 Å². The van der Waals surface area contributed by atoms with Crippen molar-refractivity contribution in [1.82, 2.24) is 0 Å². The number of carbonyl (C=O) groups excluding carboxylic acids is 1. The zero-order valence-electron chi connectivity index (χ0n) is 18.5. The van der Waals surface area contributed by atoms with E-state index in [1.807, 2.05) is 12.1 Å². The van der Waals surface area contributed by atoms with Crippen LogP contribution < -0.4 is 4.74 Å². The fourth-order valence-corrected chi connectivity index (χ4v) is 3.09. The zero-order valence-corrected chi connectivity index (χ0v) is 18.5. The SMILES string of the molecule is CCCCC/C=C/C/C=C/CCCCCCCCOc1ccc(C(=O)OC)cc1. The summed E-state index contributed by atoms with van der Waals surface area (Å²) in [7, 11) is 1.39. The fraction of sp³-hybridized carbons (Fsp3) is 0.577. The molecule has 0 saturated carbocycles. The molecular formula is C26H40O3. The van der Waals surface area contributed by atoms with Gasteiger partial charge in [-0.1, -0.05) is 69.8 Å². The van der Waals surface area contributed by atoms with Gasteiger partial charge in [0.2, 0.25) is 0 Å². The standard InChI is InChI=1S/C26H40O3/c1-3-4-5-6-7-8-9-10-11-12-13-14-15-16-17-18-23-29-25-21-19-24(20-22-25)26(27)28-2/h7-8,10-11,19-22H,3-6,9,12-18,23H2,1-2H3/b8-7+,11-10+. The first-order chi connectivity index (χ1) is 14.3. The molecule has 1 aromatic carbocycles. The maximum absolute atomic E-state index is 11.4. The van der Waals surface area contributed by atoms with Crippen molar-refractivity contribution < 1.29 is 14.3 Å². The Morgan fingerprint density at radius 1 is 0.793 bits per heavy atom. The summed E-state index contributed by atoms with van der Waals surface area (Å²) in [6.07, 6.45) is 24.2. The topological polar surface area (TPSA) is 35.5 Å². The lowest BCUT2D eigenvalue weighted by Gasteiger charge is -2.07. The van der Waals surface area contributed by atoms with Crippen molar-refractivity contribution in [3.05, 3.63) is 54.1 Å². The summed E-state index contributed by atoms with van der Waals surface area (Å²) in [5.41, 5.74) is 0.550. The molecule has 0 spiro atoms. The largest absolute Gasteiger partial charge is 0.494 e. The molecule has 0 aliphatic heterocycles. The van der Waals surface area contributed by atoms with E-state index in [0.29, 0.717) is 5.56 Å². The third-order valence-corrected chi connectivity index (χ3v) is 4.89. The molecule has 0 unspecified atom stereocenters. The highest BCUT2D eigenvalue weighted by Crippen LogP contribution is 2.14. The van der Waals surface area contributed by atoms with E-state index in [4.69, 9.17) is 4.74 Å². The number of hydrogen-bond acceptors (Lipinski definition) is 3. The van der Waals surface area contributed by atoms with E-state index in [1.165, 1.54) is 71.3 Å². The average Bonchev–Trinajstić information content (AvgIpc) is 2.75. The number of allylic oxidation sites excluding steroid dienone is 4. The van der Waals surface area contributed by atoms with Crippen molar-refractivity contribution >= 4 is 5.97 Å². The third-order valence-electron chi connectivity index (χ3n) is 4.89. The van der Waals surface area contributed by atoms with Crippen LogP contribution in [0.3, 0.4) is 0 Å². The van der Waals surface area contributed by atoms with Crippen molar-refractivity contribution in [3.63, 3.8) is 0 Å². The molecule has 29 heavy (non-hydrogen) atoms. The van der Waals surface area contributed by atoms with Gasteiger partial charge < -0.3 is 9.47 Å². The number of ether oxygens (including phenoxy) is 2. The number of unbranched alkanes of at least 4 members (excludes halogenated alkanes) is 9. The minimum atomic E-state index is -0.318. The molecule has 0 N–H and O–H groups in total. The van der Waals surface area contributed by atoms with Crippen LogP contribution in [-0.2, 0) is 4.74 Å². The number of carbonyl (C=O) groups is 1. The van der Waals surface area contributed by atoms with Gasteiger partial charge in [0.05, 0.1) is 19.3 Å². The first-order valence-electron chi connectivity index (χ1n) is 11.4. The van der Waals surface area contributed by atoms with Crippen molar-refractivity contribution in [2.45, 2.75) is 84.0 Å². The fourth-order valence-electron chi connectivity index (χ4n) is 3.09. The lowest BCUT2D eigenvalue weighted by atomic mass is 10.1. The molecule has 3 nitrogen and oxygen atoms in total. The second-order valence-corrected chi connectivity index (χ2v) is 7.45. The van der Waals surface area contributed by atoms with Gasteiger partial charge in [-0.3, -0.25) is 0 Å². The van der Waals surface area contributed by atoms with E-state index in [0.717, 1.165) is 25.2 Å². The van der Waals surface area contributed by atoms with Gasteiger partial charge in [0.1, 0.15) is 5.75 Å². The van der Waals surface area contributed by atoms with E-state index in [9.17, 15) is 4.79 Å². The Labute approximate surface area is 178 Å². The van der Waals surface area contributed by atoms with Gasteiger partial charge in [0.25, 0.3) is 0 Å². The number of benzene rings is 1. The van der Waals surface area contributed by atoms with Crippen molar-refractivity contribution in [2.24, 2.45) is 0 Å². The van der Waals surface area contributed by atoms with Crippen LogP contribution in [0.5, 0.6) is 5.75 Å². The summed E-state index contributed by atoms with van der Waals surface area (Å²) < 4.78 is 10.4. The highest BCUT2D eigenvalue weighted by atomic mass is 16.5. The van der Waals surface area contributed by atoms with Crippen LogP contribution in [0.1, 0.15) is 94.3 Å². The zero-order chi connectivity index (χ0) is 21.0. The molecule has 0 aliphatic rings. The Bertz CT molecular complexity index is 572. The maximum atomic E-state index is 11.4. The number of methoxy groups -OCH3 is 1. The lowest BCUT2D eigenvalue weighted by Crippen LogP contribution is -2.01. The summed E-state index contributed by atoms with van der Waals surface area (Å²) in [6, 6.07) is 7.11. The molecule has 0 saturated heterocycles. The van der Waals surface area contributed by atoms with Gasteiger partial charge in [-0.25, -0.2) is 4.79 Å². The molecule has 0 aliphatic carbocycles. The Kier molecular flexibility index (Phi) is 15.5. The van der Waals surface area contributed by atoms with Crippen LogP contribution >= 0.6 is 0 Å². The van der Waals surface area contributed by atoms with Crippen LogP contribution in [0.4, 0.5) is 0 Å². The Balaban J connectivity index is 1.90. The van der Waals surface area contributed by atoms with E-state index in [2.05, 4.69) is 36.0 Å². The first kappa shape index (κ1) is 25.0. The first-order valence-corrected chi connectivity index (χ1v) is 11.4. The van der Waals surface area contributed by atoms with Crippen LogP contribution in [0.2, 0.25) is 0 Å². The van der Waals surface area contributed by atoms with Gasteiger partial charge in [-0.15, -0.1) is 0 Å². The molecule has 0 amide bonds. The quantitative estimate of drug-likeness (QED) is 0.153. The minimum Gasteiger partial charge on any atom is -0.494 e. The van der Waals surface area contributed by atoms with Gasteiger partial charge in [0, 0.05) is 0 Å². The molecule has 0 radical (unpaired) electrons. The predicted octanol–water partition coefficient (Wildman–Crippen LogP) is 7.67. The molecule has 0 atom stereocenters.